The zero-order chi connectivity index (χ0) is 13.7. The third-order valence-corrected chi connectivity index (χ3v) is 3.01. The molecule has 5 heteroatoms. The van der Waals surface area contributed by atoms with Crippen LogP contribution >= 0.6 is 0 Å². The second-order valence-electron chi connectivity index (χ2n) is 4.52. The van der Waals surface area contributed by atoms with Crippen LogP contribution in [0.3, 0.4) is 0 Å². The molecule has 5 nitrogen and oxygen atoms in total. The number of amides is 2. The summed E-state index contributed by atoms with van der Waals surface area (Å²) < 4.78 is 5.12. The van der Waals surface area contributed by atoms with Crippen molar-refractivity contribution in [2.45, 2.75) is 12.8 Å². The van der Waals surface area contributed by atoms with Gasteiger partial charge in [-0.3, -0.25) is 9.59 Å². The summed E-state index contributed by atoms with van der Waals surface area (Å²) in [5, 5.41) is 5.55. The molecule has 2 N–H and O–H groups in total. The summed E-state index contributed by atoms with van der Waals surface area (Å²) in [7, 11) is 1.53. The molecule has 1 saturated carbocycles. The molecule has 19 heavy (non-hydrogen) atoms. The average Bonchev–Trinajstić information content (AvgIpc) is 3.27. The van der Waals surface area contributed by atoms with Crippen LogP contribution in [0.2, 0.25) is 0 Å². The van der Waals surface area contributed by atoms with Gasteiger partial charge in [0.15, 0.2) is 0 Å². The zero-order valence-corrected chi connectivity index (χ0v) is 10.9. The Morgan fingerprint density at radius 1 is 1.21 bits per heavy atom. The van der Waals surface area contributed by atoms with E-state index in [0.29, 0.717) is 24.4 Å². The summed E-state index contributed by atoms with van der Waals surface area (Å²) in [6.45, 7) is 0.867. The number of carbonyl (C=O) groups excluding carboxylic acids is 2. The first-order valence-corrected chi connectivity index (χ1v) is 6.41. The fraction of sp³-hybridized carbons (Fsp3) is 0.429. The van der Waals surface area contributed by atoms with Crippen LogP contribution in [0.15, 0.2) is 24.3 Å². The van der Waals surface area contributed by atoms with E-state index in [1.54, 1.807) is 18.2 Å². The minimum atomic E-state index is -0.196. The van der Waals surface area contributed by atoms with E-state index in [4.69, 9.17) is 4.74 Å². The van der Waals surface area contributed by atoms with Crippen molar-refractivity contribution in [3.63, 3.8) is 0 Å². The Bertz CT molecular complexity index is 470. The first-order chi connectivity index (χ1) is 9.22. The first-order valence-electron chi connectivity index (χ1n) is 6.41. The number of para-hydroxylation sites is 1. The zero-order valence-electron chi connectivity index (χ0n) is 10.9. The van der Waals surface area contributed by atoms with E-state index in [0.717, 1.165) is 12.8 Å². The van der Waals surface area contributed by atoms with E-state index in [-0.39, 0.29) is 17.7 Å². The molecule has 0 bridgehead atoms. The van der Waals surface area contributed by atoms with E-state index in [2.05, 4.69) is 10.6 Å². The highest BCUT2D eigenvalue weighted by Crippen LogP contribution is 2.28. The van der Waals surface area contributed by atoms with E-state index in [1.807, 2.05) is 6.07 Å². The van der Waals surface area contributed by atoms with Crippen LogP contribution in [0, 0.1) is 5.92 Å². The summed E-state index contributed by atoms with van der Waals surface area (Å²) in [4.78, 5) is 23.3. The minimum Gasteiger partial charge on any atom is -0.496 e. The van der Waals surface area contributed by atoms with E-state index >= 15 is 0 Å². The van der Waals surface area contributed by atoms with Gasteiger partial charge < -0.3 is 15.4 Å². The highest BCUT2D eigenvalue weighted by Gasteiger charge is 2.28. The molecule has 2 rings (SSSR count). The lowest BCUT2D eigenvalue weighted by Gasteiger charge is -2.09. The third-order valence-electron chi connectivity index (χ3n) is 3.01. The van der Waals surface area contributed by atoms with Gasteiger partial charge in [-0.2, -0.15) is 0 Å². The SMILES string of the molecule is COc1ccccc1C(=O)NCCNC(=O)C1CC1. The minimum absolute atomic E-state index is 0.0894. The standard InChI is InChI=1S/C14H18N2O3/c1-19-12-5-3-2-4-11(12)14(18)16-9-8-15-13(17)10-6-7-10/h2-5,10H,6-9H2,1H3,(H,15,17)(H,16,18). The number of benzene rings is 1. The molecule has 0 atom stereocenters. The molecule has 0 aromatic heterocycles. The second-order valence-corrected chi connectivity index (χ2v) is 4.52. The van der Waals surface area contributed by atoms with Crippen molar-refractivity contribution in [2.75, 3.05) is 20.2 Å². The van der Waals surface area contributed by atoms with E-state index in [1.165, 1.54) is 7.11 Å². The van der Waals surface area contributed by atoms with Gasteiger partial charge >= 0.3 is 0 Å². The number of rotatable bonds is 6. The van der Waals surface area contributed by atoms with Gasteiger partial charge in [-0.1, -0.05) is 12.1 Å². The van der Waals surface area contributed by atoms with Crippen LogP contribution in [0.5, 0.6) is 5.75 Å². The van der Waals surface area contributed by atoms with Gasteiger partial charge in [0.2, 0.25) is 5.91 Å². The van der Waals surface area contributed by atoms with Gasteiger partial charge in [0.1, 0.15) is 5.75 Å². The Hall–Kier alpha value is -2.04. The lowest BCUT2D eigenvalue weighted by Crippen LogP contribution is -2.35. The highest BCUT2D eigenvalue weighted by atomic mass is 16.5. The van der Waals surface area contributed by atoms with Crippen LogP contribution in [0.25, 0.3) is 0 Å². The molecule has 2 amide bonds. The fourth-order valence-corrected chi connectivity index (χ4v) is 1.78. The predicted octanol–water partition coefficient (Wildman–Crippen LogP) is 0.951. The molecular formula is C14H18N2O3. The Balaban J connectivity index is 1.75. The number of hydrogen-bond donors (Lipinski definition) is 2. The third kappa shape index (κ3) is 3.71. The first kappa shape index (κ1) is 13.4. The highest BCUT2D eigenvalue weighted by molar-refractivity contribution is 5.96. The number of nitrogens with one attached hydrogen (secondary N) is 2. The lowest BCUT2D eigenvalue weighted by molar-refractivity contribution is -0.122. The fourth-order valence-electron chi connectivity index (χ4n) is 1.78. The van der Waals surface area contributed by atoms with Gasteiger partial charge in [-0.25, -0.2) is 0 Å². The van der Waals surface area contributed by atoms with E-state index < -0.39 is 0 Å². The Labute approximate surface area is 112 Å². The maximum Gasteiger partial charge on any atom is 0.255 e. The Morgan fingerprint density at radius 2 is 1.89 bits per heavy atom. The van der Waals surface area contributed by atoms with E-state index in [9.17, 15) is 9.59 Å². The van der Waals surface area contributed by atoms with Crippen molar-refractivity contribution >= 4 is 11.8 Å². The summed E-state index contributed by atoms with van der Waals surface area (Å²) >= 11 is 0. The molecule has 0 saturated heterocycles. The topological polar surface area (TPSA) is 67.4 Å². The van der Waals surface area contributed by atoms with Gasteiger partial charge in [-0.05, 0) is 25.0 Å². The lowest BCUT2D eigenvalue weighted by atomic mass is 10.2. The van der Waals surface area contributed by atoms with Crippen molar-refractivity contribution in [1.29, 1.82) is 0 Å². The molecule has 1 aliphatic carbocycles. The maximum atomic E-state index is 11.9. The number of ether oxygens (including phenoxy) is 1. The average molecular weight is 262 g/mol. The summed E-state index contributed by atoms with van der Waals surface area (Å²) in [5.41, 5.74) is 0.499. The Kier molecular flexibility index (Phi) is 4.39. The van der Waals surface area contributed by atoms with Gasteiger partial charge in [0, 0.05) is 19.0 Å². The molecular weight excluding hydrogens is 244 g/mol. The van der Waals surface area contributed by atoms with Crippen molar-refractivity contribution < 1.29 is 14.3 Å². The van der Waals surface area contributed by atoms with Crippen LogP contribution in [-0.4, -0.2) is 32.0 Å². The van der Waals surface area contributed by atoms with Crippen molar-refractivity contribution in [3.8, 4) is 5.75 Å². The molecule has 0 spiro atoms. The molecule has 0 heterocycles. The van der Waals surface area contributed by atoms with Gasteiger partial charge in [0.05, 0.1) is 12.7 Å². The molecule has 1 aliphatic rings. The number of carbonyl (C=O) groups is 2. The normalized spacial score (nSPS) is 13.7. The van der Waals surface area contributed by atoms with Crippen molar-refractivity contribution in [3.05, 3.63) is 29.8 Å². The predicted molar refractivity (Wildman–Crippen MR) is 71.1 cm³/mol. The summed E-state index contributed by atoms with van der Waals surface area (Å²) in [6, 6.07) is 7.04. The molecule has 1 fully saturated rings. The monoisotopic (exact) mass is 262 g/mol. The van der Waals surface area contributed by atoms with Crippen LogP contribution in [0.1, 0.15) is 23.2 Å². The van der Waals surface area contributed by atoms with Crippen molar-refractivity contribution in [2.24, 2.45) is 5.92 Å². The molecule has 1 aromatic rings. The second kappa shape index (κ2) is 6.22. The van der Waals surface area contributed by atoms with Gasteiger partial charge in [0.25, 0.3) is 5.91 Å². The van der Waals surface area contributed by atoms with Gasteiger partial charge in [-0.15, -0.1) is 0 Å². The molecule has 0 unspecified atom stereocenters. The van der Waals surface area contributed by atoms with Crippen LogP contribution in [0.4, 0.5) is 0 Å². The molecule has 0 radical (unpaired) electrons. The Morgan fingerprint density at radius 3 is 2.58 bits per heavy atom. The maximum absolute atomic E-state index is 11.9. The summed E-state index contributed by atoms with van der Waals surface area (Å²) in [5.74, 6) is 0.636. The number of hydrogen-bond acceptors (Lipinski definition) is 3. The van der Waals surface area contributed by atoms with Crippen LogP contribution in [-0.2, 0) is 4.79 Å². The molecule has 0 aliphatic heterocycles. The quantitative estimate of drug-likeness (QED) is 0.750. The number of methoxy groups -OCH3 is 1. The molecule has 102 valence electrons. The largest absolute Gasteiger partial charge is 0.496 e. The van der Waals surface area contributed by atoms with Crippen LogP contribution < -0.4 is 15.4 Å². The van der Waals surface area contributed by atoms with Crippen molar-refractivity contribution in [1.82, 2.24) is 10.6 Å². The molecule has 1 aromatic carbocycles. The summed E-state index contributed by atoms with van der Waals surface area (Å²) in [6.07, 6.45) is 1.97. The smallest absolute Gasteiger partial charge is 0.255 e.